The third-order valence-electron chi connectivity index (χ3n) is 4.42. The molecule has 4 nitrogen and oxygen atoms in total. The van der Waals surface area contributed by atoms with E-state index in [0.717, 1.165) is 43.4 Å². The van der Waals surface area contributed by atoms with E-state index in [1.165, 1.54) is 5.56 Å². The molecule has 1 aromatic rings. The quantitative estimate of drug-likeness (QED) is 0.759. The minimum Gasteiger partial charge on any atom is -0.444 e. The summed E-state index contributed by atoms with van der Waals surface area (Å²) in [6.45, 7) is 8.86. The van der Waals surface area contributed by atoms with E-state index in [0.29, 0.717) is 0 Å². The van der Waals surface area contributed by atoms with Gasteiger partial charge in [-0.25, -0.2) is 4.79 Å². The number of ether oxygens (including phenoxy) is 1. The normalized spacial score (nSPS) is 16.9. The molecule has 0 aromatic heterocycles. The molecule has 1 aromatic carbocycles. The topological polar surface area (TPSA) is 32.8 Å². The maximum Gasteiger partial charge on any atom is 0.410 e. The van der Waals surface area contributed by atoms with E-state index in [-0.39, 0.29) is 12.1 Å². The molecule has 1 aliphatic heterocycles. The lowest BCUT2D eigenvalue weighted by Crippen LogP contribution is -2.47. The fraction of sp³-hybridized carbons (Fsp3) is 0.632. The van der Waals surface area contributed by atoms with Crippen molar-refractivity contribution in [2.45, 2.75) is 51.7 Å². The van der Waals surface area contributed by atoms with Gasteiger partial charge >= 0.3 is 6.09 Å². The van der Waals surface area contributed by atoms with Crippen LogP contribution in [0.2, 0.25) is 0 Å². The van der Waals surface area contributed by atoms with Gasteiger partial charge in [-0.2, -0.15) is 0 Å². The SMILES string of the molecule is CN(C(=O)OC(C)(C)C)C1CCN(CCc2ccc(Br)cc2)CC1. The van der Waals surface area contributed by atoms with Crippen LogP contribution in [0.4, 0.5) is 4.79 Å². The number of hydrogen-bond acceptors (Lipinski definition) is 3. The van der Waals surface area contributed by atoms with Gasteiger partial charge in [0.05, 0.1) is 0 Å². The van der Waals surface area contributed by atoms with E-state index < -0.39 is 5.60 Å². The molecule has 1 heterocycles. The van der Waals surface area contributed by atoms with Gasteiger partial charge in [0.2, 0.25) is 0 Å². The maximum atomic E-state index is 12.2. The molecule has 2 rings (SSSR count). The number of amides is 1. The van der Waals surface area contributed by atoms with Gasteiger partial charge in [-0.3, -0.25) is 0 Å². The van der Waals surface area contributed by atoms with Crippen LogP contribution >= 0.6 is 15.9 Å². The summed E-state index contributed by atoms with van der Waals surface area (Å²) >= 11 is 3.47. The molecular formula is C19H29BrN2O2. The number of rotatable bonds is 4. The van der Waals surface area contributed by atoms with E-state index in [1.807, 2.05) is 27.8 Å². The molecule has 0 unspecified atom stereocenters. The Hall–Kier alpha value is -1.07. The summed E-state index contributed by atoms with van der Waals surface area (Å²) in [6, 6.07) is 8.82. The number of likely N-dealkylation sites (tertiary alicyclic amines) is 1. The van der Waals surface area contributed by atoms with Crippen LogP contribution in [0.25, 0.3) is 0 Å². The van der Waals surface area contributed by atoms with Crippen molar-refractivity contribution >= 4 is 22.0 Å². The van der Waals surface area contributed by atoms with Crippen molar-refractivity contribution in [3.05, 3.63) is 34.3 Å². The van der Waals surface area contributed by atoms with Gasteiger partial charge in [0, 0.05) is 37.2 Å². The van der Waals surface area contributed by atoms with E-state index >= 15 is 0 Å². The standard InChI is InChI=1S/C19H29BrN2O2/c1-19(2,3)24-18(23)21(4)17-10-13-22(14-11-17)12-9-15-5-7-16(20)8-6-15/h5-8,17H,9-14H2,1-4H3. The fourth-order valence-electron chi connectivity index (χ4n) is 2.95. The summed E-state index contributed by atoms with van der Waals surface area (Å²) in [4.78, 5) is 16.4. The van der Waals surface area contributed by atoms with Gasteiger partial charge in [0.15, 0.2) is 0 Å². The largest absolute Gasteiger partial charge is 0.444 e. The Morgan fingerprint density at radius 2 is 1.83 bits per heavy atom. The van der Waals surface area contributed by atoms with Gasteiger partial charge in [-0.05, 0) is 57.7 Å². The lowest BCUT2D eigenvalue weighted by atomic mass is 10.0. The summed E-state index contributed by atoms with van der Waals surface area (Å²) in [5, 5.41) is 0. The third kappa shape index (κ3) is 6.10. The first-order valence-electron chi connectivity index (χ1n) is 8.67. The van der Waals surface area contributed by atoms with Crippen LogP contribution < -0.4 is 0 Å². The highest BCUT2D eigenvalue weighted by Crippen LogP contribution is 2.19. The van der Waals surface area contributed by atoms with Crippen molar-refractivity contribution in [2.24, 2.45) is 0 Å². The van der Waals surface area contributed by atoms with Crippen LogP contribution in [0.5, 0.6) is 0 Å². The summed E-state index contributed by atoms with van der Waals surface area (Å²) < 4.78 is 6.59. The average Bonchev–Trinajstić information content (AvgIpc) is 2.52. The van der Waals surface area contributed by atoms with Crippen molar-refractivity contribution < 1.29 is 9.53 Å². The second kappa shape index (κ2) is 8.34. The summed E-state index contributed by atoms with van der Waals surface area (Å²) in [5.74, 6) is 0. The van der Waals surface area contributed by atoms with Gasteiger partial charge in [-0.15, -0.1) is 0 Å². The van der Waals surface area contributed by atoms with Crippen LogP contribution in [-0.2, 0) is 11.2 Å². The highest BCUT2D eigenvalue weighted by atomic mass is 79.9. The lowest BCUT2D eigenvalue weighted by molar-refractivity contribution is 0.0153. The lowest BCUT2D eigenvalue weighted by Gasteiger charge is -2.37. The predicted molar refractivity (Wildman–Crippen MR) is 101 cm³/mol. The van der Waals surface area contributed by atoms with E-state index in [2.05, 4.69) is 45.1 Å². The Bertz CT molecular complexity index is 531. The summed E-state index contributed by atoms with van der Waals surface area (Å²) in [6.07, 6.45) is 2.88. The molecule has 0 N–H and O–H groups in total. The highest BCUT2D eigenvalue weighted by Gasteiger charge is 2.28. The molecule has 0 radical (unpaired) electrons. The number of halogens is 1. The molecule has 0 atom stereocenters. The number of hydrogen-bond donors (Lipinski definition) is 0. The number of benzene rings is 1. The Kier molecular flexibility index (Phi) is 6.70. The first kappa shape index (κ1) is 19.3. The minimum atomic E-state index is -0.434. The van der Waals surface area contributed by atoms with E-state index in [4.69, 9.17) is 4.74 Å². The van der Waals surface area contributed by atoms with Crippen molar-refractivity contribution in [3.63, 3.8) is 0 Å². The molecule has 24 heavy (non-hydrogen) atoms. The zero-order valence-electron chi connectivity index (χ0n) is 15.2. The molecule has 1 aliphatic rings. The van der Waals surface area contributed by atoms with Crippen LogP contribution in [0, 0.1) is 0 Å². The van der Waals surface area contributed by atoms with Gasteiger partial charge in [0.1, 0.15) is 5.60 Å². The fourth-order valence-corrected chi connectivity index (χ4v) is 3.22. The smallest absolute Gasteiger partial charge is 0.410 e. The Labute approximate surface area is 154 Å². The summed E-state index contributed by atoms with van der Waals surface area (Å²) in [5.41, 5.74) is 0.933. The molecule has 1 amide bonds. The molecule has 134 valence electrons. The molecule has 0 spiro atoms. The van der Waals surface area contributed by atoms with Crippen LogP contribution in [-0.4, -0.2) is 54.2 Å². The van der Waals surface area contributed by atoms with Crippen molar-refractivity contribution in [3.8, 4) is 0 Å². The van der Waals surface area contributed by atoms with Crippen LogP contribution in [0.3, 0.4) is 0 Å². The molecule has 0 saturated carbocycles. The molecule has 0 aliphatic carbocycles. The minimum absolute atomic E-state index is 0.212. The highest BCUT2D eigenvalue weighted by molar-refractivity contribution is 9.10. The molecule has 1 fully saturated rings. The maximum absolute atomic E-state index is 12.2. The van der Waals surface area contributed by atoms with Gasteiger partial charge in [0.25, 0.3) is 0 Å². The first-order chi connectivity index (χ1) is 11.2. The van der Waals surface area contributed by atoms with E-state index in [1.54, 1.807) is 4.90 Å². The Morgan fingerprint density at radius 1 is 1.25 bits per heavy atom. The molecule has 0 bridgehead atoms. The van der Waals surface area contributed by atoms with Crippen molar-refractivity contribution in [1.29, 1.82) is 0 Å². The van der Waals surface area contributed by atoms with Gasteiger partial charge in [-0.1, -0.05) is 28.1 Å². The number of nitrogens with zero attached hydrogens (tertiary/aromatic N) is 2. The number of piperidine rings is 1. The number of carbonyl (C=O) groups is 1. The Morgan fingerprint density at radius 3 is 2.38 bits per heavy atom. The Balaban J connectivity index is 1.74. The van der Waals surface area contributed by atoms with Crippen molar-refractivity contribution in [1.82, 2.24) is 9.80 Å². The molecule has 5 heteroatoms. The predicted octanol–water partition coefficient (Wildman–Crippen LogP) is 4.32. The number of carbonyl (C=O) groups excluding carboxylic acids is 1. The second-order valence-electron chi connectivity index (χ2n) is 7.54. The van der Waals surface area contributed by atoms with Crippen molar-refractivity contribution in [2.75, 3.05) is 26.7 Å². The zero-order valence-corrected chi connectivity index (χ0v) is 16.8. The van der Waals surface area contributed by atoms with Crippen LogP contribution in [0.15, 0.2) is 28.7 Å². The monoisotopic (exact) mass is 396 g/mol. The molecular weight excluding hydrogens is 368 g/mol. The van der Waals surface area contributed by atoms with Gasteiger partial charge < -0.3 is 14.5 Å². The third-order valence-corrected chi connectivity index (χ3v) is 4.94. The zero-order chi connectivity index (χ0) is 17.7. The first-order valence-corrected chi connectivity index (χ1v) is 9.46. The summed E-state index contributed by atoms with van der Waals surface area (Å²) in [7, 11) is 1.86. The second-order valence-corrected chi connectivity index (χ2v) is 8.46. The van der Waals surface area contributed by atoms with Crippen LogP contribution in [0.1, 0.15) is 39.2 Å². The molecule has 1 saturated heterocycles. The van der Waals surface area contributed by atoms with E-state index in [9.17, 15) is 4.79 Å². The average molecular weight is 397 g/mol.